The largest absolute Gasteiger partial charge is 0.367 e. The molecule has 3 heterocycles. The molecule has 0 saturated carbocycles. The molecule has 0 bridgehead atoms. The molecule has 2 aliphatic heterocycles. The van der Waals surface area contributed by atoms with Crippen LogP contribution in [0.15, 0.2) is 35.7 Å². The van der Waals surface area contributed by atoms with Crippen LogP contribution >= 0.6 is 22.9 Å². The maximum absolute atomic E-state index is 13.2. The van der Waals surface area contributed by atoms with Crippen molar-refractivity contribution in [2.24, 2.45) is 0 Å². The van der Waals surface area contributed by atoms with E-state index < -0.39 is 6.04 Å². The molecule has 1 aromatic heterocycles. The number of nitrogens with one attached hydrogen (secondary N) is 1. The van der Waals surface area contributed by atoms with Gasteiger partial charge in [0, 0.05) is 37.7 Å². The maximum Gasteiger partial charge on any atom is 0.264 e. The molecule has 4 rings (SSSR count). The van der Waals surface area contributed by atoms with Gasteiger partial charge in [-0.3, -0.25) is 9.59 Å². The molecule has 2 aliphatic rings. The average Bonchev–Trinajstić information content (AvgIpc) is 3.46. The van der Waals surface area contributed by atoms with Crippen LogP contribution in [-0.2, 0) is 4.79 Å². The number of amides is 2. The maximum atomic E-state index is 13.2. The minimum Gasteiger partial charge on any atom is -0.367 e. The van der Waals surface area contributed by atoms with Crippen LogP contribution in [0.4, 0.5) is 11.4 Å². The molecule has 0 aliphatic carbocycles. The Hall–Kier alpha value is -2.09. The number of benzene rings is 1. The van der Waals surface area contributed by atoms with Gasteiger partial charge in [-0.1, -0.05) is 24.6 Å². The van der Waals surface area contributed by atoms with E-state index >= 15 is 0 Å². The predicted octanol–water partition coefficient (Wildman–Crippen LogP) is 3.79. The Labute approximate surface area is 186 Å². The normalized spacial score (nSPS) is 19.9. The molecule has 2 fully saturated rings. The summed E-state index contributed by atoms with van der Waals surface area (Å²) in [5.74, 6) is -0.210. The van der Waals surface area contributed by atoms with Crippen LogP contribution in [-0.4, -0.2) is 66.9 Å². The summed E-state index contributed by atoms with van der Waals surface area (Å²) in [4.78, 5) is 33.1. The fraction of sp³-hybridized carbons (Fsp3) is 0.455. The summed E-state index contributed by atoms with van der Waals surface area (Å²) in [6, 6.07) is 8.86. The van der Waals surface area contributed by atoms with Gasteiger partial charge in [-0.15, -0.1) is 11.3 Å². The highest BCUT2D eigenvalue weighted by Gasteiger charge is 2.35. The van der Waals surface area contributed by atoms with E-state index in [2.05, 4.69) is 22.0 Å². The minimum absolute atomic E-state index is 0.0651. The lowest BCUT2D eigenvalue weighted by Gasteiger charge is -2.36. The molecule has 30 heavy (non-hydrogen) atoms. The van der Waals surface area contributed by atoms with Crippen molar-refractivity contribution < 1.29 is 9.59 Å². The summed E-state index contributed by atoms with van der Waals surface area (Å²) in [6.07, 6.45) is 1.50. The summed E-state index contributed by atoms with van der Waals surface area (Å²) in [5, 5.41) is 5.54. The molecule has 6 nitrogen and oxygen atoms in total. The summed E-state index contributed by atoms with van der Waals surface area (Å²) < 4.78 is 0. The molecule has 1 unspecified atom stereocenters. The third kappa shape index (κ3) is 4.48. The lowest BCUT2D eigenvalue weighted by molar-refractivity contribution is -0.119. The number of halogens is 1. The summed E-state index contributed by atoms with van der Waals surface area (Å²) in [5.41, 5.74) is 1.70. The number of likely N-dealkylation sites (tertiary alicyclic amines) is 1. The Morgan fingerprint density at radius 2 is 1.97 bits per heavy atom. The van der Waals surface area contributed by atoms with Crippen LogP contribution in [0.25, 0.3) is 0 Å². The molecule has 160 valence electrons. The number of carbonyl (C=O) groups excluding carboxylic acids is 2. The first kappa shape index (κ1) is 21.2. The van der Waals surface area contributed by atoms with E-state index in [-0.39, 0.29) is 11.8 Å². The van der Waals surface area contributed by atoms with Crippen molar-refractivity contribution >= 4 is 46.1 Å². The van der Waals surface area contributed by atoms with Crippen LogP contribution in [0.2, 0.25) is 5.02 Å². The lowest BCUT2D eigenvalue weighted by Crippen LogP contribution is -2.46. The van der Waals surface area contributed by atoms with E-state index in [0.29, 0.717) is 28.6 Å². The molecular weight excluding hydrogens is 420 g/mol. The number of piperazine rings is 1. The molecule has 2 saturated heterocycles. The molecule has 1 N–H and O–H groups in total. The molecular formula is C22H27ClN4O2S. The van der Waals surface area contributed by atoms with Crippen molar-refractivity contribution in [1.82, 2.24) is 9.80 Å². The molecule has 2 amide bonds. The molecule has 1 aromatic carbocycles. The minimum atomic E-state index is -0.455. The van der Waals surface area contributed by atoms with Gasteiger partial charge in [0.25, 0.3) is 5.91 Å². The number of thiophene rings is 1. The van der Waals surface area contributed by atoms with Crippen LogP contribution in [0, 0.1) is 0 Å². The van der Waals surface area contributed by atoms with Gasteiger partial charge in [0.05, 0.1) is 16.3 Å². The number of hydrogen-bond acceptors (Lipinski definition) is 5. The highest BCUT2D eigenvalue weighted by Crippen LogP contribution is 2.31. The Bertz CT molecular complexity index is 897. The van der Waals surface area contributed by atoms with Crippen LogP contribution in [0.3, 0.4) is 0 Å². The molecule has 2 aromatic rings. The third-order valence-electron chi connectivity index (χ3n) is 5.92. The standard InChI is InChI=1S/C22H27ClN4O2S/c1-2-25-10-12-26(13-11-25)18-8-7-16(23)15-17(18)24-21(28)19-5-3-9-27(19)22(29)20-6-4-14-30-20/h4,6-8,14-15,19H,2-3,5,9-13H2,1H3,(H,24,28). The van der Waals surface area contributed by atoms with E-state index in [1.165, 1.54) is 11.3 Å². The van der Waals surface area contributed by atoms with Crippen molar-refractivity contribution in [3.8, 4) is 0 Å². The van der Waals surface area contributed by atoms with Gasteiger partial charge >= 0.3 is 0 Å². The highest BCUT2D eigenvalue weighted by molar-refractivity contribution is 7.12. The van der Waals surface area contributed by atoms with Crippen molar-refractivity contribution in [3.05, 3.63) is 45.6 Å². The SMILES string of the molecule is CCN1CCN(c2ccc(Cl)cc2NC(=O)C2CCCN2C(=O)c2cccs2)CC1. The van der Waals surface area contributed by atoms with E-state index in [4.69, 9.17) is 11.6 Å². The quantitative estimate of drug-likeness (QED) is 0.759. The first-order chi connectivity index (χ1) is 14.6. The number of carbonyl (C=O) groups is 2. The predicted molar refractivity (Wildman–Crippen MR) is 123 cm³/mol. The average molecular weight is 447 g/mol. The topological polar surface area (TPSA) is 55.9 Å². The summed E-state index contributed by atoms with van der Waals surface area (Å²) in [6.45, 7) is 7.64. The van der Waals surface area contributed by atoms with Gasteiger partial charge in [0.2, 0.25) is 5.91 Å². The molecule has 8 heteroatoms. The van der Waals surface area contributed by atoms with E-state index in [9.17, 15) is 9.59 Å². The highest BCUT2D eigenvalue weighted by atomic mass is 35.5. The fourth-order valence-electron chi connectivity index (χ4n) is 4.23. The number of hydrogen-bond donors (Lipinski definition) is 1. The second kappa shape index (κ2) is 9.37. The molecule has 0 spiro atoms. The zero-order valence-electron chi connectivity index (χ0n) is 17.1. The van der Waals surface area contributed by atoms with E-state index in [0.717, 1.165) is 44.8 Å². The number of rotatable bonds is 5. The van der Waals surface area contributed by atoms with Crippen molar-refractivity contribution in [3.63, 3.8) is 0 Å². The van der Waals surface area contributed by atoms with Crippen LogP contribution in [0.5, 0.6) is 0 Å². The van der Waals surface area contributed by atoms with Gasteiger partial charge in [-0.05, 0) is 49.0 Å². The Morgan fingerprint density at radius 3 is 2.67 bits per heavy atom. The van der Waals surface area contributed by atoms with Crippen molar-refractivity contribution in [2.75, 3.05) is 49.5 Å². The number of likely N-dealkylation sites (N-methyl/N-ethyl adjacent to an activating group) is 1. The van der Waals surface area contributed by atoms with Gasteiger partial charge in [-0.25, -0.2) is 0 Å². The van der Waals surface area contributed by atoms with Gasteiger partial charge < -0.3 is 20.0 Å². The fourth-order valence-corrected chi connectivity index (χ4v) is 5.08. The second-order valence-corrected chi connectivity index (χ2v) is 9.09. The van der Waals surface area contributed by atoms with Gasteiger partial charge in [-0.2, -0.15) is 0 Å². The molecule has 1 atom stereocenters. The van der Waals surface area contributed by atoms with E-state index in [1.807, 2.05) is 29.6 Å². The van der Waals surface area contributed by atoms with Crippen molar-refractivity contribution in [2.45, 2.75) is 25.8 Å². The van der Waals surface area contributed by atoms with Gasteiger partial charge in [0.1, 0.15) is 6.04 Å². The monoisotopic (exact) mass is 446 g/mol. The van der Waals surface area contributed by atoms with Crippen LogP contribution in [0.1, 0.15) is 29.4 Å². The van der Waals surface area contributed by atoms with Gasteiger partial charge in [0.15, 0.2) is 0 Å². The zero-order valence-corrected chi connectivity index (χ0v) is 18.7. The van der Waals surface area contributed by atoms with Crippen LogP contribution < -0.4 is 10.2 Å². The Kier molecular flexibility index (Phi) is 6.61. The zero-order chi connectivity index (χ0) is 21.1. The Balaban J connectivity index is 1.50. The smallest absolute Gasteiger partial charge is 0.264 e. The summed E-state index contributed by atoms with van der Waals surface area (Å²) in [7, 11) is 0. The van der Waals surface area contributed by atoms with E-state index in [1.54, 1.807) is 11.0 Å². The first-order valence-corrected chi connectivity index (χ1v) is 11.7. The second-order valence-electron chi connectivity index (χ2n) is 7.71. The Morgan fingerprint density at radius 1 is 1.17 bits per heavy atom. The number of nitrogens with zero attached hydrogens (tertiary/aromatic N) is 3. The third-order valence-corrected chi connectivity index (χ3v) is 7.02. The molecule has 0 radical (unpaired) electrons. The number of anilines is 2. The lowest BCUT2D eigenvalue weighted by atomic mass is 10.1. The summed E-state index contributed by atoms with van der Waals surface area (Å²) >= 11 is 7.66. The first-order valence-electron chi connectivity index (χ1n) is 10.5. The van der Waals surface area contributed by atoms with Crippen molar-refractivity contribution in [1.29, 1.82) is 0 Å².